The number of aryl methyl sites for hydroxylation is 2. The van der Waals surface area contributed by atoms with Gasteiger partial charge in [0.05, 0.1) is 0 Å². The first-order chi connectivity index (χ1) is 8.20. The fraction of sp³-hybridized carbons (Fsp3) is 0.308. The van der Waals surface area contributed by atoms with Gasteiger partial charge in [-0.2, -0.15) is 0 Å². The van der Waals surface area contributed by atoms with Gasteiger partial charge in [-0.15, -0.1) is 0 Å². The molecule has 0 saturated heterocycles. The highest BCUT2D eigenvalue weighted by Gasteiger charge is 2.02. The van der Waals surface area contributed by atoms with Gasteiger partial charge >= 0.3 is 0 Å². The van der Waals surface area contributed by atoms with Gasteiger partial charge in [-0.1, -0.05) is 30.7 Å². The molecule has 0 aliphatic heterocycles. The second-order valence-electron chi connectivity index (χ2n) is 3.97. The summed E-state index contributed by atoms with van der Waals surface area (Å²) in [6.07, 6.45) is 3.95. The van der Waals surface area contributed by atoms with Gasteiger partial charge in [0.15, 0.2) is 4.77 Å². The van der Waals surface area contributed by atoms with Crippen LogP contribution in [0.5, 0.6) is 0 Å². The highest BCUT2D eigenvalue weighted by Crippen LogP contribution is 2.11. The minimum atomic E-state index is 0.779. The lowest BCUT2D eigenvalue weighted by Crippen LogP contribution is -2.05. The summed E-state index contributed by atoms with van der Waals surface area (Å²) in [5.74, 6) is 0. The first-order valence-corrected chi connectivity index (χ1v) is 6.51. The topological polar surface area (TPSA) is 20.7 Å². The molecule has 0 fully saturated rings. The summed E-state index contributed by atoms with van der Waals surface area (Å²) < 4.78 is 2.96. The Morgan fingerprint density at radius 3 is 2.65 bits per heavy atom. The van der Waals surface area contributed by atoms with Crippen LogP contribution in [-0.2, 0) is 19.4 Å². The second kappa shape index (κ2) is 5.52. The fourth-order valence-electron chi connectivity index (χ4n) is 1.86. The van der Waals surface area contributed by atoms with E-state index < -0.39 is 0 Å². The first kappa shape index (κ1) is 12.4. The molecule has 0 spiro atoms. The van der Waals surface area contributed by atoms with Gasteiger partial charge in [-0.25, -0.2) is 0 Å². The quantitative estimate of drug-likeness (QED) is 0.830. The van der Waals surface area contributed by atoms with Gasteiger partial charge in [-0.05, 0) is 42.8 Å². The van der Waals surface area contributed by atoms with E-state index in [0.29, 0.717) is 0 Å². The van der Waals surface area contributed by atoms with E-state index in [2.05, 4.69) is 28.6 Å². The third-order valence-corrected chi connectivity index (χ3v) is 3.44. The van der Waals surface area contributed by atoms with Crippen LogP contribution in [0.15, 0.2) is 30.5 Å². The zero-order valence-corrected chi connectivity index (χ0v) is 11.3. The number of halogens is 1. The number of nitrogens with one attached hydrogen (secondary N) is 1. The lowest BCUT2D eigenvalue weighted by molar-refractivity contribution is 0.656. The van der Waals surface area contributed by atoms with Crippen LogP contribution >= 0.6 is 23.8 Å². The van der Waals surface area contributed by atoms with Crippen molar-refractivity contribution in [3.05, 3.63) is 51.5 Å². The van der Waals surface area contributed by atoms with Crippen molar-refractivity contribution in [2.45, 2.75) is 26.3 Å². The highest BCUT2D eigenvalue weighted by atomic mass is 35.5. The lowest BCUT2D eigenvalue weighted by atomic mass is 10.1. The standard InChI is InChI=1S/C13H15ClN2S/c1-2-12-9-15-13(17)16(12)8-7-10-3-5-11(14)6-4-10/h3-6,9H,2,7-8H2,1H3,(H,15,17). The molecule has 0 atom stereocenters. The molecule has 90 valence electrons. The Morgan fingerprint density at radius 2 is 2.00 bits per heavy atom. The molecule has 0 amide bonds. The van der Waals surface area contributed by atoms with Gasteiger partial charge in [0, 0.05) is 23.5 Å². The molecular formula is C13H15ClN2S. The van der Waals surface area contributed by atoms with E-state index in [1.165, 1.54) is 11.3 Å². The molecule has 4 heteroatoms. The van der Waals surface area contributed by atoms with E-state index >= 15 is 0 Å². The third kappa shape index (κ3) is 2.99. The molecule has 0 bridgehead atoms. The molecule has 2 nitrogen and oxygen atoms in total. The molecule has 0 radical (unpaired) electrons. The Hall–Kier alpha value is -1.06. The summed E-state index contributed by atoms with van der Waals surface area (Å²) >= 11 is 11.1. The zero-order valence-electron chi connectivity index (χ0n) is 9.74. The molecule has 1 aromatic heterocycles. The Bertz CT molecular complexity index is 539. The highest BCUT2D eigenvalue weighted by molar-refractivity contribution is 7.71. The van der Waals surface area contributed by atoms with E-state index in [0.717, 1.165) is 29.2 Å². The average molecular weight is 267 g/mol. The molecule has 1 heterocycles. The van der Waals surface area contributed by atoms with Crippen LogP contribution in [0.3, 0.4) is 0 Å². The van der Waals surface area contributed by atoms with E-state index in [-0.39, 0.29) is 0 Å². The summed E-state index contributed by atoms with van der Waals surface area (Å²) in [4.78, 5) is 3.09. The predicted octanol–water partition coefficient (Wildman–Crippen LogP) is 4.00. The Morgan fingerprint density at radius 1 is 1.29 bits per heavy atom. The number of rotatable bonds is 4. The van der Waals surface area contributed by atoms with Crippen LogP contribution < -0.4 is 0 Å². The normalized spacial score (nSPS) is 10.7. The van der Waals surface area contributed by atoms with Crippen molar-refractivity contribution in [2.24, 2.45) is 0 Å². The SMILES string of the molecule is CCc1c[nH]c(=S)n1CCc1ccc(Cl)cc1. The van der Waals surface area contributed by atoms with E-state index in [1.54, 1.807) is 0 Å². The number of nitrogens with zero attached hydrogens (tertiary/aromatic N) is 1. The maximum Gasteiger partial charge on any atom is 0.177 e. The van der Waals surface area contributed by atoms with Crippen LogP contribution in [-0.4, -0.2) is 9.55 Å². The molecule has 2 rings (SSSR count). The maximum atomic E-state index is 5.86. The first-order valence-electron chi connectivity index (χ1n) is 5.72. The third-order valence-electron chi connectivity index (χ3n) is 2.85. The van der Waals surface area contributed by atoms with Gasteiger partial charge < -0.3 is 9.55 Å². The summed E-state index contributed by atoms with van der Waals surface area (Å²) in [6, 6.07) is 7.97. The van der Waals surface area contributed by atoms with E-state index in [9.17, 15) is 0 Å². The fourth-order valence-corrected chi connectivity index (χ4v) is 2.25. The van der Waals surface area contributed by atoms with Crippen LogP contribution in [0, 0.1) is 4.77 Å². The summed E-state index contributed by atoms with van der Waals surface area (Å²) in [5, 5.41) is 0.779. The molecular weight excluding hydrogens is 252 g/mol. The smallest absolute Gasteiger partial charge is 0.177 e. The molecule has 1 aromatic carbocycles. The molecule has 0 aliphatic carbocycles. The van der Waals surface area contributed by atoms with Crippen molar-refractivity contribution in [1.82, 2.24) is 9.55 Å². The molecule has 17 heavy (non-hydrogen) atoms. The second-order valence-corrected chi connectivity index (χ2v) is 4.79. The molecule has 2 aromatic rings. The van der Waals surface area contributed by atoms with Crippen molar-refractivity contribution >= 4 is 23.8 Å². The Labute approximate surface area is 111 Å². The number of imidazole rings is 1. The summed E-state index contributed by atoms with van der Waals surface area (Å²) in [5.41, 5.74) is 2.53. The van der Waals surface area contributed by atoms with Gasteiger partial charge in [0.2, 0.25) is 0 Å². The number of hydrogen-bond donors (Lipinski definition) is 1. The molecule has 0 saturated carbocycles. The van der Waals surface area contributed by atoms with Crippen LogP contribution in [0.2, 0.25) is 5.02 Å². The average Bonchev–Trinajstić information content (AvgIpc) is 2.69. The number of benzene rings is 1. The van der Waals surface area contributed by atoms with Crippen LogP contribution in [0.1, 0.15) is 18.2 Å². The van der Waals surface area contributed by atoms with Crippen molar-refractivity contribution in [1.29, 1.82) is 0 Å². The molecule has 0 aliphatic rings. The zero-order chi connectivity index (χ0) is 12.3. The van der Waals surface area contributed by atoms with Crippen molar-refractivity contribution in [2.75, 3.05) is 0 Å². The number of hydrogen-bond acceptors (Lipinski definition) is 1. The van der Waals surface area contributed by atoms with Crippen LogP contribution in [0.25, 0.3) is 0 Å². The lowest BCUT2D eigenvalue weighted by Gasteiger charge is -2.07. The summed E-state index contributed by atoms with van der Waals surface area (Å²) in [6.45, 7) is 3.05. The number of H-pyrrole nitrogens is 1. The van der Waals surface area contributed by atoms with E-state index in [1.807, 2.05) is 18.3 Å². The van der Waals surface area contributed by atoms with Crippen molar-refractivity contribution in [3.8, 4) is 0 Å². The van der Waals surface area contributed by atoms with Gasteiger partial charge in [0.1, 0.15) is 0 Å². The molecule has 0 unspecified atom stereocenters. The predicted molar refractivity (Wildman–Crippen MR) is 74.2 cm³/mol. The van der Waals surface area contributed by atoms with Gasteiger partial charge in [-0.3, -0.25) is 0 Å². The number of aromatic amines is 1. The van der Waals surface area contributed by atoms with Crippen molar-refractivity contribution < 1.29 is 0 Å². The Balaban J connectivity index is 2.09. The Kier molecular flexibility index (Phi) is 4.02. The minimum absolute atomic E-state index is 0.779. The van der Waals surface area contributed by atoms with Gasteiger partial charge in [0.25, 0.3) is 0 Å². The van der Waals surface area contributed by atoms with Crippen molar-refractivity contribution in [3.63, 3.8) is 0 Å². The summed E-state index contributed by atoms with van der Waals surface area (Å²) in [7, 11) is 0. The number of aromatic nitrogens is 2. The maximum absolute atomic E-state index is 5.86. The largest absolute Gasteiger partial charge is 0.337 e. The van der Waals surface area contributed by atoms with Crippen LogP contribution in [0.4, 0.5) is 0 Å². The molecule has 1 N–H and O–H groups in total. The monoisotopic (exact) mass is 266 g/mol. The minimum Gasteiger partial charge on any atom is -0.337 e. The van der Waals surface area contributed by atoms with E-state index in [4.69, 9.17) is 23.8 Å².